The summed E-state index contributed by atoms with van der Waals surface area (Å²) in [6.45, 7) is 4.00. The molecule has 0 heterocycles. The zero-order chi connectivity index (χ0) is 12.1. The lowest BCUT2D eigenvalue weighted by molar-refractivity contribution is -0.122. The lowest BCUT2D eigenvalue weighted by Crippen LogP contribution is -2.27. The molecule has 0 aromatic heterocycles. The minimum absolute atomic E-state index is 0.0350. The maximum atomic E-state index is 12.9. The van der Waals surface area contributed by atoms with Gasteiger partial charge in [-0.1, -0.05) is 13.8 Å². The first kappa shape index (κ1) is 14.1. The van der Waals surface area contributed by atoms with Crippen molar-refractivity contribution >= 4 is 5.78 Å². The maximum absolute atomic E-state index is 12.9. The Labute approximate surface area is 90.0 Å². The largest absolute Gasteiger partial charge is 0.383 e. The first-order valence-corrected chi connectivity index (χ1v) is 5.19. The van der Waals surface area contributed by atoms with Crippen molar-refractivity contribution in [3.63, 3.8) is 0 Å². The van der Waals surface area contributed by atoms with E-state index in [9.17, 15) is 13.6 Å². The lowest BCUT2D eigenvalue weighted by atomic mass is 9.91. The average molecular weight is 219 g/mol. The van der Waals surface area contributed by atoms with Gasteiger partial charge < -0.3 is 4.90 Å². The summed E-state index contributed by atoms with van der Waals surface area (Å²) < 4.78 is 25.7. The predicted molar refractivity (Wildman–Crippen MR) is 56.9 cm³/mol. The van der Waals surface area contributed by atoms with Gasteiger partial charge in [0.25, 0.3) is 5.92 Å². The number of ketones is 1. The number of carbonyl (C=O) groups excluding carboxylic acids is 1. The van der Waals surface area contributed by atoms with Crippen molar-refractivity contribution in [2.75, 3.05) is 14.1 Å². The molecule has 0 N–H and O–H groups in total. The van der Waals surface area contributed by atoms with Crippen LogP contribution in [0.25, 0.3) is 0 Å². The van der Waals surface area contributed by atoms with Crippen LogP contribution in [0.3, 0.4) is 0 Å². The fourth-order valence-electron chi connectivity index (χ4n) is 1.35. The number of allylic oxidation sites excluding steroid dienone is 1. The Balaban J connectivity index is 0.000000921. The van der Waals surface area contributed by atoms with Gasteiger partial charge in [-0.2, -0.15) is 0 Å². The van der Waals surface area contributed by atoms with Gasteiger partial charge in [0.2, 0.25) is 0 Å². The molecule has 0 unspecified atom stereocenters. The van der Waals surface area contributed by atoms with Crippen molar-refractivity contribution in [1.29, 1.82) is 0 Å². The summed E-state index contributed by atoms with van der Waals surface area (Å²) in [5.41, 5.74) is 0.237. The third-order valence-electron chi connectivity index (χ3n) is 1.94. The maximum Gasteiger partial charge on any atom is 0.252 e. The van der Waals surface area contributed by atoms with Crippen LogP contribution in [0.5, 0.6) is 0 Å². The second-order valence-corrected chi connectivity index (χ2v) is 3.57. The Morgan fingerprint density at radius 2 is 1.87 bits per heavy atom. The van der Waals surface area contributed by atoms with Crippen LogP contribution in [-0.4, -0.2) is 30.7 Å². The zero-order valence-corrected chi connectivity index (χ0v) is 9.81. The van der Waals surface area contributed by atoms with Crippen molar-refractivity contribution in [3.8, 4) is 0 Å². The average Bonchev–Trinajstić information content (AvgIpc) is 2.14. The van der Waals surface area contributed by atoms with Gasteiger partial charge in [-0.3, -0.25) is 4.79 Å². The quantitative estimate of drug-likeness (QED) is 0.632. The highest BCUT2D eigenvalue weighted by Gasteiger charge is 2.37. The first-order chi connectivity index (χ1) is 6.91. The molecule has 0 aromatic rings. The van der Waals surface area contributed by atoms with Crippen LogP contribution in [0, 0.1) is 0 Å². The van der Waals surface area contributed by atoms with E-state index in [0.29, 0.717) is 0 Å². The van der Waals surface area contributed by atoms with Gasteiger partial charge in [-0.25, -0.2) is 8.78 Å². The van der Waals surface area contributed by atoms with Gasteiger partial charge in [0.15, 0.2) is 5.78 Å². The second kappa shape index (κ2) is 5.83. The zero-order valence-electron chi connectivity index (χ0n) is 9.81. The van der Waals surface area contributed by atoms with Crippen LogP contribution in [0.2, 0.25) is 0 Å². The Bertz CT molecular complexity index is 247. The molecule has 0 radical (unpaired) electrons. The van der Waals surface area contributed by atoms with Gasteiger partial charge in [-0.05, 0) is 0 Å². The summed E-state index contributed by atoms with van der Waals surface area (Å²) in [5.74, 6) is -2.85. The Kier molecular flexibility index (Phi) is 5.47. The van der Waals surface area contributed by atoms with E-state index < -0.39 is 12.3 Å². The van der Waals surface area contributed by atoms with Crippen LogP contribution in [-0.2, 0) is 4.79 Å². The molecule has 88 valence electrons. The fraction of sp³-hybridized carbons (Fsp3) is 0.727. The van der Waals surface area contributed by atoms with Gasteiger partial charge in [0, 0.05) is 45.1 Å². The highest BCUT2D eigenvalue weighted by molar-refractivity contribution is 5.96. The normalized spacial score (nSPS) is 22.0. The van der Waals surface area contributed by atoms with E-state index in [1.165, 1.54) is 6.20 Å². The van der Waals surface area contributed by atoms with Crippen molar-refractivity contribution in [1.82, 2.24) is 4.90 Å². The second-order valence-electron chi connectivity index (χ2n) is 3.57. The molecule has 0 amide bonds. The molecule has 2 nitrogen and oxygen atoms in total. The highest BCUT2D eigenvalue weighted by atomic mass is 19.3. The third-order valence-corrected chi connectivity index (χ3v) is 1.94. The van der Waals surface area contributed by atoms with Crippen LogP contribution in [0.1, 0.15) is 33.1 Å². The van der Waals surface area contributed by atoms with Gasteiger partial charge in [-0.15, -0.1) is 0 Å². The SMILES string of the molecule is CC.CN(C)/C=C1\CC(F)(F)CCC1=O. The number of alkyl halides is 2. The predicted octanol–water partition coefficient (Wildman–Crippen LogP) is 2.85. The molecule has 0 spiro atoms. The summed E-state index contributed by atoms with van der Waals surface area (Å²) in [7, 11) is 3.43. The monoisotopic (exact) mass is 219 g/mol. The Hall–Kier alpha value is -0.930. The molecular weight excluding hydrogens is 200 g/mol. The molecule has 4 heteroatoms. The summed E-state index contributed by atoms with van der Waals surface area (Å²) >= 11 is 0. The molecule has 0 atom stereocenters. The van der Waals surface area contributed by atoms with E-state index in [1.807, 2.05) is 13.8 Å². The molecular formula is C11H19F2NO. The summed E-state index contributed by atoms with van der Waals surface area (Å²) in [5, 5.41) is 0. The smallest absolute Gasteiger partial charge is 0.252 e. The molecule has 1 aliphatic carbocycles. The van der Waals surface area contributed by atoms with E-state index >= 15 is 0 Å². The number of Topliss-reactive ketones (excluding diaryl/α,β-unsaturated/α-hetero) is 1. The fourth-order valence-corrected chi connectivity index (χ4v) is 1.35. The molecule has 1 saturated carbocycles. The van der Waals surface area contributed by atoms with Gasteiger partial charge in [0.1, 0.15) is 0 Å². The lowest BCUT2D eigenvalue weighted by Gasteiger charge is -2.23. The summed E-state index contributed by atoms with van der Waals surface area (Å²) in [6.07, 6.45) is 0.725. The number of nitrogens with zero attached hydrogens (tertiary/aromatic N) is 1. The molecule has 0 aromatic carbocycles. The van der Waals surface area contributed by atoms with Crippen molar-refractivity contribution in [2.45, 2.75) is 39.0 Å². The molecule has 1 fully saturated rings. The number of hydrogen-bond donors (Lipinski definition) is 0. The number of rotatable bonds is 1. The van der Waals surface area contributed by atoms with Crippen LogP contribution in [0.15, 0.2) is 11.8 Å². The summed E-state index contributed by atoms with van der Waals surface area (Å²) in [4.78, 5) is 12.8. The van der Waals surface area contributed by atoms with E-state index in [2.05, 4.69) is 0 Å². The molecule has 0 saturated heterocycles. The van der Waals surface area contributed by atoms with Crippen molar-refractivity contribution in [3.05, 3.63) is 11.8 Å². The highest BCUT2D eigenvalue weighted by Crippen LogP contribution is 2.34. The number of carbonyl (C=O) groups is 1. The van der Waals surface area contributed by atoms with Crippen molar-refractivity contribution in [2.24, 2.45) is 0 Å². The van der Waals surface area contributed by atoms with Crippen LogP contribution < -0.4 is 0 Å². The van der Waals surface area contributed by atoms with Gasteiger partial charge >= 0.3 is 0 Å². The van der Waals surface area contributed by atoms with E-state index in [0.717, 1.165) is 0 Å². The molecule has 0 aliphatic heterocycles. The topological polar surface area (TPSA) is 20.3 Å². The third kappa shape index (κ3) is 4.91. The molecule has 15 heavy (non-hydrogen) atoms. The van der Waals surface area contributed by atoms with E-state index in [-0.39, 0.29) is 24.2 Å². The first-order valence-electron chi connectivity index (χ1n) is 5.19. The standard InChI is InChI=1S/C9H13F2NO.C2H6/c1-12(2)6-7-5-9(10,11)4-3-8(7)13;1-2/h6H,3-5H2,1-2H3;1-2H3/b7-6+;. The number of halogens is 2. The van der Waals surface area contributed by atoms with Crippen LogP contribution in [0.4, 0.5) is 8.78 Å². The Morgan fingerprint density at radius 1 is 1.33 bits per heavy atom. The molecule has 1 aliphatic rings. The van der Waals surface area contributed by atoms with E-state index in [1.54, 1.807) is 19.0 Å². The minimum Gasteiger partial charge on any atom is -0.383 e. The van der Waals surface area contributed by atoms with E-state index in [4.69, 9.17) is 0 Å². The van der Waals surface area contributed by atoms with Crippen LogP contribution >= 0.6 is 0 Å². The minimum atomic E-state index is -2.70. The summed E-state index contributed by atoms with van der Waals surface area (Å²) in [6, 6.07) is 0. The van der Waals surface area contributed by atoms with Gasteiger partial charge in [0.05, 0.1) is 0 Å². The molecule has 1 rings (SSSR count). The Morgan fingerprint density at radius 3 is 2.33 bits per heavy atom. The molecule has 0 bridgehead atoms. The number of hydrogen-bond acceptors (Lipinski definition) is 2. The van der Waals surface area contributed by atoms with Crippen molar-refractivity contribution < 1.29 is 13.6 Å².